The highest BCUT2D eigenvalue weighted by atomic mass is 35.5. The molecule has 6 aromatic rings. The van der Waals surface area contributed by atoms with Gasteiger partial charge in [0.25, 0.3) is 0 Å². The summed E-state index contributed by atoms with van der Waals surface area (Å²) in [6.07, 6.45) is 0. The van der Waals surface area contributed by atoms with Crippen LogP contribution in [0.2, 0.25) is 10.0 Å². The summed E-state index contributed by atoms with van der Waals surface area (Å²) in [6.45, 7) is 2.03. The normalized spacial score (nSPS) is 10.8. The van der Waals surface area contributed by atoms with Crippen molar-refractivity contribution in [2.75, 3.05) is 0 Å². The highest BCUT2D eigenvalue weighted by Crippen LogP contribution is 2.38. The van der Waals surface area contributed by atoms with Gasteiger partial charge in [-0.05, 0) is 36.8 Å². The Morgan fingerprint density at radius 3 is 1.58 bits per heavy atom. The summed E-state index contributed by atoms with van der Waals surface area (Å²) in [7, 11) is 0. The molecule has 0 unspecified atom stereocenters. The van der Waals surface area contributed by atoms with Gasteiger partial charge in [0.15, 0.2) is 0 Å². The molecule has 4 aromatic carbocycles. The van der Waals surface area contributed by atoms with Gasteiger partial charge in [0.05, 0.1) is 19.8 Å². The number of aryl methyl sites for hydroxylation is 1. The third-order valence-corrected chi connectivity index (χ3v) is 9.19. The lowest BCUT2D eigenvalue weighted by molar-refractivity contribution is 0.103. The van der Waals surface area contributed by atoms with E-state index < -0.39 is 0 Å². The zero-order valence-corrected chi connectivity index (χ0v) is 23.2. The first kappa shape index (κ1) is 26.1. The summed E-state index contributed by atoms with van der Waals surface area (Å²) in [5, 5.41) is 12.2. The smallest absolute Gasteiger partial charge is 0.204 e. The topological polar surface area (TPSA) is 54.4 Å². The first-order valence-corrected chi connectivity index (χ1v) is 14.0. The van der Waals surface area contributed by atoms with E-state index in [4.69, 9.17) is 23.2 Å². The lowest BCUT2D eigenvalue weighted by atomic mass is 10.1. The molecule has 0 atom stereocenters. The number of phenolic OH excluding ortho intramolecular Hbond substituents is 1. The van der Waals surface area contributed by atoms with E-state index in [2.05, 4.69) is 6.07 Å². The number of aromatic hydroxyl groups is 1. The van der Waals surface area contributed by atoms with Gasteiger partial charge in [0.1, 0.15) is 5.75 Å². The fraction of sp³-hybridized carbons (Fsp3) is 0.0323. The van der Waals surface area contributed by atoms with Crippen molar-refractivity contribution in [1.29, 1.82) is 0 Å². The van der Waals surface area contributed by atoms with Crippen LogP contribution < -0.4 is 0 Å². The summed E-state index contributed by atoms with van der Waals surface area (Å²) >= 11 is 15.4. The van der Waals surface area contributed by atoms with E-state index >= 15 is 0 Å². The van der Waals surface area contributed by atoms with Gasteiger partial charge in [-0.25, -0.2) is 0 Å². The van der Waals surface area contributed by atoms with Crippen molar-refractivity contribution in [3.63, 3.8) is 0 Å². The molecule has 3 nitrogen and oxygen atoms in total. The third-order valence-electron chi connectivity index (χ3n) is 5.88. The van der Waals surface area contributed by atoms with Crippen molar-refractivity contribution in [2.45, 2.75) is 6.92 Å². The average molecular weight is 576 g/mol. The molecule has 2 aromatic heterocycles. The summed E-state index contributed by atoms with van der Waals surface area (Å²) in [4.78, 5) is 26.0. The minimum Gasteiger partial charge on any atom is -0.508 e. The number of rotatable bonds is 4. The Kier molecular flexibility index (Phi) is 7.63. The maximum absolute atomic E-state index is 12.4. The van der Waals surface area contributed by atoms with Crippen molar-refractivity contribution in [3.8, 4) is 5.75 Å². The summed E-state index contributed by atoms with van der Waals surface area (Å²) < 4.78 is 1.87. The highest BCUT2D eigenvalue weighted by Gasteiger charge is 2.19. The second kappa shape index (κ2) is 11.1. The molecule has 0 aliphatic rings. The molecule has 2 heterocycles. The SMILES string of the molecule is Cc1ccc2c(Cl)c(C(=O)c3ccccc3)sc2c1.O=C(c1ccccc1)c1sc2cc(O)ccc2c1Cl. The number of fused-ring (bicyclic) bond motifs is 2. The van der Waals surface area contributed by atoms with Crippen LogP contribution >= 0.6 is 45.9 Å². The monoisotopic (exact) mass is 574 g/mol. The molecule has 0 spiro atoms. The number of thiophene rings is 2. The van der Waals surface area contributed by atoms with E-state index in [0.29, 0.717) is 30.9 Å². The Morgan fingerprint density at radius 1 is 0.632 bits per heavy atom. The molecular formula is C31H20Cl2O3S2. The minimum atomic E-state index is -0.0914. The minimum absolute atomic E-state index is 0.00977. The van der Waals surface area contributed by atoms with Crippen LogP contribution in [0.15, 0.2) is 97.1 Å². The fourth-order valence-electron chi connectivity index (χ4n) is 3.96. The predicted molar refractivity (Wildman–Crippen MR) is 160 cm³/mol. The number of benzene rings is 4. The van der Waals surface area contributed by atoms with Crippen molar-refractivity contribution >= 4 is 77.6 Å². The van der Waals surface area contributed by atoms with Gasteiger partial charge in [-0.2, -0.15) is 0 Å². The number of phenols is 1. The second-order valence-electron chi connectivity index (χ2n) is 8.56. The number of ketones is 2. The van der Waals surface area contributed by atoms with Gasteiger partial charge in [-0.1, -0.05) is 96.0 Å². The first-order chi connectivity index (χ1) is 18.3. The number of halogens is 2. The molecule has 0 bridgehead atoms. The largest absolute Gasteiger partial charge is 0.508 e. The van der Waals surface area contributed by atoms with Gasteiger partial charge in [-0.15, -0.1) is 22.7 Å². The Morgan fingerprint density at radius 2 is 1.08 bits per heavy atom. The van der Waals surface area contributed by atoms with Crippen LogP contribution in [0.4, 0.5) is 0 Å². The molecule has 38 heavy (non-hydrogen) atoms. The van der Waals surface area contributed by atoms with Gasteiger partial charge in [-0.3, -0.25) is 9.59 Å². The van der Waals surface area contributed by atoms with E-state index in [1.54, 1.807) is 30.3 Å². The number of hydrogen-bond donors (Lipinski definition) is 1. The van der Waals surface area contributed by atoms with Crippen LogP contribution in [0.3, 0.4) is 0 Å². The molecule has 0 aliphatic heterocycles. The van der Waals surface area contributed by atoms with Gasteiger partial charge < -0.3 is 5.11 Å². The van der Waals surface area contributed by atoms with Crippen LogP contribution in [-0.2, 0) is 0 Å². The molecule has 0 aliphatic carbocycles. The Balaban J connectivity index is 0.000000155. The maximum Gasteiger partial charge on any atom is 0.204 e. The maximum atomic E-state index is 12.4. The van der Waals surface area contributed by atoms with Crippen LogP contribution in [0.5, 0.6) is 5.75 Å². The van der Waals surface area contributed by atoms with E-state index in [-0.39, 0.29) is 17.3 Å². The first-order valence-electron chi connectivity index (χ1n) is 11.6. The van der Waals surface area contributed by atoms with E-state index in [0.717, 1.165) is 20.2 Å². The van der Waals surface area contributed by atoms with Crippen molar-refractivity contribution in [1.82, 2.24) is 0 Å². The molecule has 6 rings (SSSR count). The lowest BCUT2D eigenvalue weighted by Gasteiger charge is -1.98. The zero-order valence-electron chi connectivity index (χ0n) is 20.1. The van der Waals surface area contributed by atoms with Crippen molar-refractivity contribution < 1.29 is 14.7 Å². The molecule has 7 heteroatoms. The summed E-state index contributed by atoms with van der Waals surface area (Å²) in [5.41, 5.74) is 2.46. The molecule has 0 amide bonds. The van der Waals surface area contributed by atoms with E-state index in [1.807, 2.05) is 67.6 Å². The van der Waals surface area contributed by atoms with Crippen LogP contribution in [0, 0.1) is 6.92 Å². The Labute approximate surface area is 237 Å². The zero-order chi connectivity index (χ0) is 26.8. The predicted octanol–water partition coefficient (Wildman–Crippen LogP) is 9.59. The van der Waals surface area contributed by atoms with Gasteiger partial charge in [0, 0.05) is 31.3 Å². The molecule has 188 valence electrons. The number of carbonyl (C=O) groups excluding carboxylic acids is 2. The number of hydrogen-bond acceptors (Lipinski definition) is 5. The van der Waals surface area contributed by atoms with Crippen LogP contribution in [0.1, 0.15) is 36.0 Å². The van der Waals surface area contributed by atoms with Crippen LogP contribution in [0.25, 0.3) is 20.2 Å². The fourth-order valence-corrected chi connectivity index (χ4v) is 7.05. The van der Waals surface area contributed by atoms with E-state index in [1.165, 1.54) is 28.2 Å². The summed E-state index contributed by atoms with van der Waals surface area (Å²) in [6, 6.07) is 29.2. The average Bonchev–Trinajstić information content (AvgIpc) is 3.44. The quantitative estimate of drug-likeness (QED) is 0.213. The standard InChI is InChI=1S/C16H11ClOS.C15H9ClO2S/c1-10-7-8-12-13(9-10)19-16(14(12)17)15(18)11-5-3-2-4-6-11;16-13-11-7-6-10(17)8-12(11)19-15(13)14(18)9-4-2-1-3-5-9/h2-9H,1H3;1-8,17H. The van der Waals surface area contributed by atoms with Gasteiger partial charge >= 0.3 is 0 Å². The van der Waals surface area contributed by atoms with Gasteiger partial charge in [0.2, 0.25) is 11.6 Å². The second-order valence-corrected chi connectivity index (χ2v) is 11.4. The Hall–Kier alpha value is -3.48. The van der Waals surface area contributed by atoms with Crippen molar-refractivity contribution in [3.05, 3.63) is 134 Å². The number of carbonyl (C=O) groups is 2. The third kappa shape index (κ3) is 5.24. The lowest BCUT2D eigenvalue weighted by Crippen LogP contribution is -1.98. The molecule has 0 saturated carbocycles. The van der Waals surface area contributed by atoms with E-state index in [9.17, 15) is 14.7 Å². The molecule has 0 saturated heterocycles. The summed E-state index contributed by atoms with van der Waals surface area (Å²) in [5.74, 6) is 0.0693. The van der Waals surface area contributed by atoms with Crippen molar-refractivity contribution in [2.24, 2.45) is 0 Å². The Bertz CT molecular complexity index is 1660. The van der Waals surface area contributed by atoms with Crippen LogP contribution in [-0.4, -0.2) is 16.7 Å². The molecule has 0 fully saturated rings. The molecule has 1 N–H and O–H groups in total. The molecule has 0 radical (unpaired) electrons. The highest BCUT2D eigenvalue weighted by molar-refractivity contribution is 7.22. The molecular weight excluding hydrogens is 555 g/mol.